The van der Waals surface area contributed by atoms with Crippen LogP contribution in [0.3, 0.4) is 0 Å². The van der Waals surface area contributed by atoms with Crippen LogP contribution in [0.4, 0.5) is 4.79 Å². The first-order valence-corrected chi connectivity index (χ1v) is 16.8. The fourth-order valence-electron chi connectivity index (χ4n) is 6.04. The average molecular weight is 651 g/mol. The topological polar surface area (TPSA) is 150 Å². The lowest BCUT2D eigenvalue weighted by molar-refractivity contribution is -0.143. The predicted octanol–water partition coefficient (Wildman–Crippen LogP) is 2.78. The monoisotopic (exact) mass is 650 g/mol. The van der Waals surface area contributed by atoms with Gasteiger partial charge < -0.3 is 34.8 Å². The van der Waals surface area contributed by atoms with Crippen LogP contribution in [-0.4, -0.2) is 113 Å². The highest BCUT2D eigenvalue weighted by atomic mass is 16.6. The third-order valence-electron chi connectivity index (χ3n) is 9.12. The zero-order valence-corrected chi connectivity index (χ0v) is 27.6. The van der Waals surface area contributed by atoms with E-state index in [1.54, 1.807) is 21.6 Å². The van der Waals surface area contributed by atoms with Gasteiger partial charge in [-0.3, -0.25) is 19.2 Å². The molecule has 5 amide bonds. The van der Waals surface area contributed by atoms with Crippen molar-refractivity contribution in [3.63, 3.8) is 0 Å². The Bertz CT molecular complexity index is 1490. The lowest BCUT2D eigenvalue weighted by Crippen LogP contribution is -2.52. The zero-order valence-electron chi connectivity index (χ0n) is 27.6. The highest BCUT2D eigenvalue weighted by Gasteiger charge is 2.38. The smallest absolute Gasteiger partial charge is 0.409 e. The number of hydrogen-bond acceptors (Lipinski definition) is 8. The number of benzene rings is 1. The number of carbonyl (C=O) groups excluding carboxylic acids is 5. The molecule has 0 radical (unpaired) electrons. The fourth-order valence-corrected chi connectivity index (χ4v) is 6.04. The normalized spacial score (nSPS) is 18.8. The summed E-state index contributed by atoms with van der Waals surface area (Å²) < 4.78 is 11.5. The van der Waals surface area contributed by atoms with Crippen molar-refractivity contribution in [1.29, 1.82) is 0 Å². The summed E-state index contributed by atoms with van der Waals surface area (Å²) in [7, 11) is 0. The van der Waals surface area contributed by atoms with Crippen LogP contribution in [0.1, 0.15) is 74.8 Å². The Labute approximate surface area is 275 Å². The standard InChI is InChI=1S/C34H46N6O7/c1-4-5-18-46-34(45)39-16-14-38(15-17-39)30(41)21-35-31(42)27-20-29(25-12-11-22(2)19-26(25)37-27)47-23(3)33(44)40-13-7-10-28(40)32(43)36-24-8-6-9-24/h11-12,19-20,23-24,28H,4-10,13-18,21H2,1-3H3,(H,35,42)(H,36,43)/t23-,28+/m1/s1. The highest BCUT2D eigenvalue weighted by molar-refractivity contribution is 5.99. The highest BCUT2D eigenvalue weighted by Crippen LogP contribution is 2.29. The van der Waals surface area contributed by atoms with Gasteiger partial charge in [0.2, 0.25) is 11.8 Å². The van der Waals surface area contributed by atoms with Gasteiger partial charge in [0.25, 0.3) is 11.8 Å². The second-order valence-corrected chi connectivity index (χ2v) is 12.6. The number of piperazine rings is 1. The van der Waals surface area contributed by atoms with Crippen LogP contribution < -0.4 is 15.4 Å². The van der Waals surface area contributed by atoms with Crippen molar-refractivity contribution >= 4 is 40.6 Å². The van der Waals surface area contributed by atoms with Crippen molar-refractivity contribution in [1.82, 2.24) is 30.3 Å². The van der Waals surface area contributed by atoms with Crippen LogP contribution in [0.5, 0.6) is 5.75 Å². The summed E-state index contributed by atoms with van der Waals surface area (Å²) in [6.45, 7) is 7.59. The van der Waals surface area contributed by atoms with Crippen LogP contribution in [0.2, 0.25) is 0 Å². The summed E-state index contributed by atoms with van der Waals surface area (Å²) in [5.41, 5.74) is 1.49. The summed E-state index contributed by atoms with van der Waals surface area (Å²) in [6.07, 6.45) is 4.84. The molecule has 1 aromatic carbocycles. The molecule has 254 valence electrons. The Balaban J connectivity index is 1.20. The number of ether oxygens (including phenoxy) is 2. The molecular formula is C34H46N6O7. The number of pyridine rings is 1. The number of aromatic nitrogens is 1. The van der Waals surface area contributed by atoms with E-state index < -0.39 is 18.1 Å². The Kier molecular flexibility index (Phi) is 11.2. The molecule has 1 aliphatic carbocycles. The van der Waals surface area contributed by atoms with Gasteiger partial charge in [-0.05, 0) is 70.1 Å². The maximum Gasteiger partial charge on any atom is 0.409 e. The second-order valence-electron chi connectivity index (χ2n) is 12.6. The second kappa shape index (κ2) is 15.4. The number of rotatable bonds is 11. The van der Waals surface area contributed by atoms with Crippen molar-refractivity contribution in [3.8, 4) is 5.75 Å². The summed E-state index contributed by atoms with van der Waals surface area (Å²) in [5.74, 6) is -0.928. The largest absolute Gasteiger partial charge is 0.480 e. The third-order valence-corrected chi connectivity index (χ3v) is 9.12. The number of likely N-dealkylation sites (tertiary alicyclic amines) is 1. The van der Waals surface area contributed by atoms with E-state index in [2.05, 4.69) is 15.6 Å². The molecule has 2 saturated heterocycles. The van der Waals surface area contributed by atoms with Crippen LogP contribution in [0.25, 0.3) is 10.9 Å². The number of fused-ring (bicyclic) bond motifs is 1. The first-order chi connectivity index (χ1) is 22.6. The summed E-state index contributed by atoms with van der Waals surface area (Å²) in [4.78, 5) is 74.2. The van der Waals surface area contributed by atoms with Crippen LogP contribution in [-0.2, 0) is 19.1 Å². The molecule has 0 spiro atoms. The Morgan fingerprint density at radius 3 is 2.43 bits per heavy atom. The molecule has 3 fully saturated rings. The van der Waals surface area contributed by atoms with Crippen molar-refractivity contribution < 1.29 is 33.4 Å². The summed E-state index contributed by atoms with van der Waals surface area (Å²) in [5, 5.41) is 6.36. The Morgan fingerprint density at radius 1 is 0.979 bits per heavy atom. The molecule has 3 aliphatic rings. The van der Waals surface area contributed by atoms with Crippen molar-refractivity contribution in [2.75, 3.05) is 45.9 Å². The SMILES string of the molecule is CCCCOC(=O)N1CCN(C(=O)CNC(=O)c2cc(O[C@H](C)C(=O)N3CCC[C@H]3C(=O)NC3CCC3)c3ccc(C)cc3n2)CC1. The molecule has 2 atom stereocenters. The molecule has 2 aromatic rings. The molecule has 0 bridgehead atoms. The van der Waals surface area contributed by atoms with Crippen LogP contribution in [0, 0.1) is 6.92 Å². The first kappa shape index (κ1) is 33.9. The van der Waals surface area contributed by atoms with E-state index >= 15 is 0 Å². The Morgan fingerprint density at radius 2 is 1.72 bits per heavy atom. The minimum Gasteiger partial charge on any atom is -0.480 e. The van der Waals surface area contributed by atoms with Crippen LogP contribution in [0.15, 0.2) is 24.3 Å². The molecule has 1 saturated carbocycles. The number of nitrogens with zero attached hydrogens (tertiary/aromatic N) is 4. The molecule has 13 heteroatoms. The van der Waals surface area contributed by atoms with Gasteiger partial charge in [-0.1, -0.05) is 19.4 Å². The lowest BCUT2D eigenvalue weighted by atomic mass is 9.93. The van der Waals surface area contributed by atoms with E-state index in [0.29, 0.717) is 62.4 Å². The number of aryl methyl sites for hydroxylation is 1. The molecule has 2 N–H and O–H groups in total. The van der Waals surface area contributed by atoms with E-state index in [0.717, 1.165) is 44.1 Å². The van der Waals surface area contributed by atoms with Crippen LogP contribution >= 0.6 is 0 Å². The first-order valence-electron chi connectivity index (χ1n) is 16.8. The van der Waals surface area contributed by atoms with Gasteiger partial charge in [-0.25, -0.2) is 9.78 Å². The molecule has 0 unspecified atom stereocenters. The van der Waals surface area contributed by atoms with E-state index in [-0.39, 0.29) is 42.1 Å². The van der Waals surface area contributed by atoms with Crippen molar-refractivity contribution in [2.45, 2.75) is 83.9 Å². The average Bonchev–Trinajstić information content (AvgIpc) is 3.54. The number of amides is 5. The Hall–Kier alpha value is -4.42. The van der Waals surface area contributed by atoms with Crippen molar-refractivity contribution in [3.05, 3.63) is 35.5 Å². The quantitative estimate of drug-likeness (QED) is 0.353. The van der Waals surface area contributed by atoms with E-state index in [9.17, 15) is 24.0 Å². The van der Waals surface area contributed by atoms with E-state index in [1.165, 1.54) is 6.07 Å². The molecule has 13 nitrogen and oxygen atoms in total. The minimum absolute atomic E-state index is 0.0455. The fraction of sp³-hybridized carbons (Fsp3) is 0.588. The van der Waals surface area contributed by atoms with Gasteiger partial charge in [0.1, 0.15) is 17.5 Å². The summed E-state index contributed by atoms with van der Waals surface area (Å²) in [6, 6.07) is 6.70. The number of unbranched alkanes of at least 4 members (excludes halogenated alkanes) is 1. The van der Waals surface area contributed by atoms with Gasteiger partial charge in [0.15, 0.2) is 6.10 Å². The predicted molar refractivity (Wildman–Crippen MR) is 174 cm³/mol. The molecule has 1 aromatic heterocycles. The van der Waals surface area contributed by atoms with E-state index in [1.807, 2.05) is 32.0 Å². The zero-order chi connectivity index (χ0) is 33.5. The number of hydrogen-bond donors (Lipinski definition) is 2. The third kappa shape index (κ3) is 8.30. The van der Waals surface area contributed by atoms with E-state index in [4.69, 9.17) is 9.47 Å². The van der Waals surface area contributed by atoms with Gasteiger partial charge in [0, 0.05) is 50.2 Å². The minimum atomic E-state index is -0.918. The number of nitrogens with one attached hydrogen (secondary N) is 2. The molecule has 47 heavy (non-hydrogen) atoms. The van der Waals surface area contributed by atoms with Gasteiger partial charge in [0.05, 0.1) is 18.7 Å². The maximum absolute atomic E-state index is 13.5. The summed E-state index contributed by atoms with van der Waals surface area (Å²) >= 11 is 0. The molecule has 5 rings (SSSR count). The van der Waals surface area contributed by atoms with Gasteiger partial charge in [-0.2, -0.15) is 0 Å². The van der Waals surface area contributed by atoms with Gasteiger partial charge in [-0.15, -0.1) is 0 Å². The molecular weight excluding hydrogens is 604 g/mol. The van der Waals surface area contributed by atoms with Gasteiger partial charge >= 0.3 is 6.09 Å². The molecule has 3 heterocycles. The maximum atomic E-state index is 13.5. The van der Waals surface area contributed by atoms with Crippen molar-refractivity contribution in [2.24, 2.45) is 0 Å². The number of carbonyl (C=O) groups is 5. The molecule has 2 aliphatic heterocycles. The lowest BCUT2D eigenvalue weighted by Gasteiger charge is -2.34.